The Morgan fingerprint density at radius 1 is 0.400 bits per heavy atom. The van der Waals surface area contributed by atoms with Crippen LogP contribution in [0.5, 0.6) is 0 Å². The molecule has 0 amide bonds. The molecule has 0 spiro atoms. The van der Waals surface area contributed by atoms with Crippen molar-refractivity contribution in [2.24, 2.45) is 0 Å². The molecule has 50 heavy (non-hydrogen) atoms. The van der Waals surface area contributed by atoms with Crippen LogP contribution in [0, 0.1) is 0 Å². The SMILES string of the molecule is c1ccc(-c2nc(-c3ccccc3)nc(-c3cccc(-n4c5ccccc5c5ccc6c(c7nnccc7n6-c6ccccc6)c54)c3)n2)cc1. The number of fused-ring (bicyclic) bond motifs is 7. The lowest BCUT2D eigenvalue weighted by molar-refractivity contribution is 1.07. The van der Waals surface area contributed by atoms with E-state index in [4.69, 9.17) is 20.1 Å². The molecule has 7 heteroatoms. The zero-order valence-corrected chi connectivity index (χ0v) is 26.7. The first-order chi connectivity index (χ1) is 24.8. The van der Waals surface area contributed by atoms with Gasteiger partial charge >= 0.3 is 0 Å². The zero-order chi connectivity index (χ0) is 33.0. The van der Waals surface area contributed by atoms with Crippen LogP contribution in [-0.4, -0.2) is 34.3 Å². The van der Waals surface area contributed by atoms with Gasteiger partial charge in [-0.15, -0.1) is 5.10 Å². The van der Waals surface area contributed by atoms with Crippen LogP contribution >= 0.6 is 0 Å². The summed E-state index contributed by atoms with van der Waals surface area (Å²) >= 11 is 0. The third kappa shape index (κ3) is 4.41. The molecule has 4 heterocycles. The summed E-state index contributed by atoms with van der Waals surface area (Å²) in [5.74, 6) is 1.87. The number of rotatable bonds is 5. The maximum atomic E-state index is 5.02. The Kier molecular flexibility index (Phi) is 6.35. The van der Waals surface area contributed by atoms with Crippen LogP contribution in [0.2, 0.25) is 0 Å². The lowest BCUT2D eigenvalue weighted by atomic mass is 10.1. The molecule has 10 aromatic rings. The summed E-state index contributed by atoms with van der Waals surface area (Å²) in [6, 6.07) is 54.1. The largest absolute Gasteiger partial charge is 0.308 e. The van der Waals surface area contributed by atoms with Crippen LogP contribution in [0.15, 0.2) is 164 Å². The lowest BCUT2D eigenvalue weighted by Gasteiger charge is -2.12. The van der Waals surface area contributed by atoms with Crippen LogP contribution in [0.3, 0.4) is 0 Å². The molecule has 0 saturated heterocycles. The van der Waals surface area contributed by atoms with Crippen molar-refractivity contribution in [2.75, 3.05) is 0 Å². The van der Waals surface area contributed by atoms with Crippen LogP contribution in [0.4, 0.5) is 0 Å². The zero-order valence-electron chi connectivity index (χ0n) is 26.7. The average Bonchev–Trinajstić information content (AvgIpc) is 3.72. The van der Waals surface area contributed by atoms with E-state index in [0.717, 1.165) is 71.8 Å². The molecule has 0 aliphatic carbocycles. The van der Waals surface area contributed by atoms with Gasteiger partial charge in [0.25, 0.3) is 0 Å². The van der Waals surface area contributed by atoms with Crippen molar-refractivity contribution in [2.45, 2.75) is 0 Å². The maximum Gasteiger partial charge on any atom is 0.164 e. The van der Waals surface area contributed by atoms with E-state index in [1.165, 1.54) is 0 Å². The highest BCUT2D eigenvalue weighted by atomic mass is 15.1. The number of para-hydroxylation sites is 2. The second-order valence-electron chi connectivity index (χ2n) is 12.2. The quantitative estimate of drug-likeness (QED) is 0.187. The molecule has 0 saturated carbocycles. The first-order valence-corrected chi connectivity index (χ1v) is 16.5. The van der Waals surface area contributed by atoms with Gasteiger partial charge in [0.2, 0.25) is 0 Å². The van der Waals surface area contributed by atoms with Gasteiger partial charge in [0, 0.05) is 38.8 Å². The van der Waals surface area contributed by atoms with E-state index in [2.05, 4.69) is 99.2 Å². The third-order valence-corrected chi connectivity index (χ3v) is 9.31. The summed E-state index contributed by atoms with van der Waals surface area (Å²) in [5.41, 5.74) is 9.93. The highest BCUT2D eigenvalue weighted by Gasteiger charge is 2.22. The number of benzene rings is 6. The molecule has 0 atom stereocenters. The van der Waals surface area contributed by atoms with E-state index < -0.39 is 0 Å². The highest BCUT2D eigenvalue weighted by Crippen LogP contribution is 2.41. The van der Waals surface area contributed by atoms with Gasteiger partial charge < -0.3 is 9.13 Å². The van der Waals surface area contributed by atoms with Crippen molar-refractivity contribution in [3.63, 3.8) is 0 Å². The molecular weight excluding hydrogens is 615 g/mol. The van der Waals surface area contributed by atoms with Gasteiger partial charge in [0.05, 0.1) is 33.6 Å². The van der Waals surface area contributed by atoms with Gasteiger partial charge in [-0.3, -0.25) is 0 Å². The monoisotopic (exact) mass is 641 g/mol. The van der Waals surface area contributed by atoms with Gasteiger partial charge in [-0.05, 0) is 42.5 Å². The smallest absolute Gasteiger partial charge is 0.164 e. The highest BCUT2D eigenvalue weighted by molar-refractivity contribution is 6.25. The Hall–Kier alpha value is -6.99. The number of aromatic nitrogens is 7. The van der Waals surface area contributed by atoms with E-state index in [0.29, 0.717) is 17.5 Å². The van der Waals surface area contributed by atoms with E-state index in [9.17, 15) is 0 Å². The van der Waals surface area contributed by atoms with E-state index in [1.807, 2.05) is 72.8 Å². The molecule has 234 valence electrons. The van der Waals surface area contributed by atoms with Crippen molar-refractivity contribution < 1.29 is 0 Å². The second kappa shape index (κ2) is 11.3. The Morgan fingerprint density at radius 3 is 1.72 bits per heavy atom. The van der Waals surface area contributed by atoms with E-state index in [1.54, 1.807) is 6.20 Å². The molecule has 0 bridgehead atoms. The predicted octanol–water partition coefficient (Wildman–Crippen LogP) is 9.86. The van der Waals surface area contributed by atoms with Crippen LogP contribution < -0.4 is 0 Å². The van der Waals surface area contributed by atoms with Crippen molar-refractivity contribution in [1.82, 2.24) is 34.3 Å². The summed E-state index contributed by atoms with van der Waals surface area (Å²) in [7, 11) is 0. The molecule has 0 radical (unpaired) electrons. The van der Waals surface area contributed by atoms with Gasteiger partial charge in [-0.2, -0.15) is 5.10 Å². The number of nitrogens with zero attached hydrogens (tertiary/aromatic N) is 7. The van der Waals surface area contributed by atoms with E-state index in [-0.39, 0.29) is 0 Å². The van der Waals surface area contributed by atoms with Gasteiger partial charge in [-0.25, -0.2) is 15.0 Å². The third-order valence-electron chi connectivity index (χ3n) is 9.31. The molecule has 7 nitrogen and oxygen atoms in total. The Labute approximate surface area is 286 Å². The molecule has 0 fully saturated rings. The van der Waals surface area contributed by atoms with Crippen LogP contribution in [0.25, 0.3) is 89.3 Å². The summed E-state index contributed by atoms with van der Waals surface area (Å²) in [4.78, 5) is 14.9. The van der Waals surface area contributed by atoms with Crippen molar-refractivity contribution in [1.29, 1.82) is 0 Å². The molecule has 0 aliphatic heterocycles. The van der Waals surface area contributed by atoms with Gasteiger partial charge in [0.15, 0.2) is 17.5 Å². The topological polar surface area (TPSA) is 74.3 Å². The van der Waals surface area contributed by atoms with Crippen molar-refractivity contribution >= 4 is 43.7 Å². The van der Waals surface area contributed by atoms with Crippen LogP contribution in [-0.2, 0) is 0 Å². The summed E-state index contributed by atoms with van der Waals surface area (Å²) in [6.45, 7) is 0. The fourth-order valence-corrected chi connectivity index (χ4v) is 7.13. The minimum atomic E-state index is 0.608. The maximum absolute atomic E-state index is 5.02. The molecule has 0 N–H and O–H groups in total. The fourth-order valence-electron chi connectivity index (χ4n) is 7.13. The summed E-state index contributed by atoms with van der Waals surface area (Å²) < 4.78 is 4.62. The van der Waals surface area contributed by atoms with Crippen molar-refractivity contribution in [3.05, 3.63) is 164 Å². The van der Waals surface area contributed by atoms with Crippen LogP contribution in [0.1, 0.15) is 0 Å². The molecule has 0 unspecified atom stereocenters. The Morgan fingerprint density at radius 2 is 1.00 bits per heavy atom. The first kappa shape index (κ1) is 28.1. The normalized spacial score (nSPS) is 11.6. The second-order valence-corrected chi connectivity index (χ2v) is 12.2. The summed E-state index contributed by atoms with van der Waals surface area (Å²) in [5, 5.41) is 12.5. The van der Waals surface area contributed by atoms with Gasteiger partial charge in [-0.1, -0.05) is 115 Å². The number of hydrogen-bond acceptors (Lipinski definition) is 5. The molecule has 6 aromatic carbocycles. The fraction of sp³-hybridized carbons (Fsp3) is 0. The Balaban J connectivity index is 1.25. The van der Waals surface area contributed by atoms with E-state index >= 15 is 0 Å². The van der Waals surface area contributed by atoms with Crippen molar-refractivity contribution in [3.8, 4) is 45.5 Å². The lowest BCUT2D eigenvalue weighted by Crippen LogP contribution is -2.01. The predicted molar refractivity (Wildman–Crippen MR) is 200 cm³/mol. The summed E-state index contributed by atoms with van der Waals surface area (Å²) in [6.07, 6.45) is 1.76. The molecule has 4 aromatic heterocycles. The molecule has 10 rings (SSSR count). The Bertz CT molecular complexity index is 2800. The average molecular weight is 642 g/mol. The molecule has 0 aliphatic rings. The first-order valence-electron chi connectivity index (χ1n) is 16.5. The molecular formula is C43H27N7. The standard InChI is InChI=1S/C43H27N7/c1-4-13-28(14-5-1)41-45-42(29-15-6-2-7-16-29)47-43(46-41)30-17-12-20-32(27-30)50-35-22-11-10-21-33(35)34-23-24-36-38(40(34)50)39-37(25-26-44-48-39)49(36)31-18-8-3-9-19-31/h1-27H. The minimum Gasteiger partial charge on any atom is -0.308 e. The number of hydrogen-bond donors (Lipinski definition) is 0. The van der Waals surface area contributed by atoms with Gasteiger partial charge in [0.1, 0.15) is 5.52 Å². The minimum absolute atomic E-state index is 0.608.